The lowest BCUT2D eigenvalue weighted by atomic mass is 10.0. The van der Waals surface area contributed by atoms with E-state index in [1.165, 1.54) is 0 Å². The van der Waals surface area contributed by atoms with E-state index >= 15 is 0 Å². The summed E-state index contributed by atoms with van der Waals surface area (Å²) in [6.07, 6.45) is 0.758. The smallest absolute Gasteiger partial charge is 0.256 e. The second-order valence-electron chi connectivity index (χ2n) is 3.54. The van der Waals surface area contributed by atoms with Gasteiger partial charge in [0, 0.05) is 16.6 Å². The first-order valence-electron chi connectivity index (χ1n) is 4.63. The molecule has 1 aliphatic heterocycles. The van der Waals surface area contributed by atoms with E-state index in [2.05, 4.69) is 5.32 Å². The summed E-state index contributed by atoms with van der Waals surface area (Å²) in [5.74, 6) is -0.134. The monoisotopic (exact) mass is 197 g/mol. The zero-order valence-corrected chi connectivity index (χ0v) is 7.78. The molecule has 1 aliphatic rings. The molecular formula is C12H7NO2. The number of nitrogens with one attached hydrogen (secondary N) is 1. The molecule has 0 fully saturated rings. The minimum atomic E-state index is -0.134. The third kappa shape index (κ3) is 1.00. The molecule has 0 aliphatic carbocycles. The summed E-state index contributed by atoms with van der Waals surface area (Å²) in [4.78, 5) is 22.3. The van der Waals surface area contributed by atoms with Crippen LogP contribution in [0.1, 0.15) is 20.7 Å². The number of hydrogen-bond acceptors (Lipinski definition) is 2. The first-order chi connectivity index (χ1) is 7.29. The van der Waals surface area contributed by atoms with E-state index in [4.69, 9.17) is 0 Å². The van der Waals surface area contributed by atoms with Gasteiger partial charge in [0.05, 0.1) is 5.56 Å². The normalized spacial score (nSPS) is 12.9. The Hall–Kier alpha value is -2.16. The van der Waals surface area contributed by atoms with E-state index in [-0.39, 0.29) is 5.91 Å². The maximum Gasteiger partial charge on any atom is 0.256 e. The number of aldehydes is 1. The molecule has 0 unspecified atom stereocenters. The highest BCUT2D eigenvalue weighted by Crippen LogP contribution is 2.33. The van der Waals surface area contributed by atoms with E-state index in [9.17, 15) is 9.59 Å². The molecule has 2 aromatic carbocycles. The van der Waals surface area contributed by atoms with Crippen LogP contribution in [0.4, 0.5) is 5.69 Å². The highest BCUT2D eigenvalue weighted by molar-refractivity contribution is 6.24. The molecule has 0 saturated heterocycles. The van der Waals surface area contributed by atoms with Crippen LogP contribution in [0.5, 0.6) is 0 Å². The number of amides is 1. The fraction of sp³-hybridized carbons (Fsp3) is 0. The lowest BCUT2D eigenvalue weighted by Crippen LogP contribution is -2.04. The largest absolute Gasteiger partial charge is 0.321 e. The second-order valence-corrected chi connectivity index (χ2v) is 3.54. The Labute approximate surface area is 85.7 Å². The molecule has 1 amide bonds. The number of hydrogen-bond donors (Lipinski definition) is 1. The predicted octanol–water partition coefficient (Wildman–Crippen LogP) is 2.22. The third-order valence-electron chi connectivity index (χ3n) is 2.63. The number of carbonyl (C=O) groups excluding carboxylic acids is 2. The summed E-state index contributed by atoms with van der Waals surface area (Å²) < 4.78 is 0. The lowest BCUT2D eigenvalue weighted by molar-refractivity contribution is 0.103. The van der Waals surface area contributed by atoms with Gasteiger partial charge in [0.15, 0.2) is 0 Å². The summed E-state index contributed by atoms with van der Waals surface area (Å²) in [6, 6.07) is 9.03. The van der Waals surface area contributed by atoms with Crippen molar-refractivity contribution < 1.29 is 9.59 Å². The molecular weight excluding hydrogens is 190 g/mol. The maximum atomic E-state index is 11.6. The van der Waals surface area contributed by atoms with Gasteiger partial charge in [-0.3, -0.25) is 9.59 Å². The van der Waals surface area contributed by atoms with E-state index < -0.39 is 0 Å². The van der Waals surface area contributed by atoms with Crippen molar-refractivity contribution in [3.63, 3.8) is 0 Å². The van der Waals surface area contributed by atoms with Gasteiger partial charge in [-0.2, -0.15) is 0 Å². The van der Waals surface area contributed by atoms with Crippen molar-refractivity contribution >= 4 is 28.7 Å². The van der Waals surface area contributed by atoms with Crippen LogP contribution in [0.15, 0.2) is 30.3 Å². The SMILES string of the molecule is O=Cc1cc2c3c(cccc3c1)NC2=O. The minimum Gasteiger partial charge on any atom is -0.321 e. The molecule has 72 valence electrons. The molecule has 3 rings (SSSR count). The number of benzene rings is 2. The van der Waals surface area contributed by atoms with E-state index in [0.717, 1.165) is 22.7 Å². The van der Waals surface area contributed by atoms with Crippen molar-refractivity contribution in [3.8, 4) is 0 Å². The maximum absolute atomic E-state index is 11.6. The fourth-order valence-corrected chi connectivity index (χ4v) is 1.99. The molecule has 3 heteroatoms. The van der Waals surface area contributed by atoms with Gasteiger partial charge in [0.25, 0.3) is 5.91 Å². The van der Waals surface area contributed by atoms with Crippen LogP contribution in [-0.4, -0.2) is 12.2 Å². The minimum absolute atomic E-state index is 0.134. The van der Waals surface area contributed by atoms with Crippen LogP contribution in [-0.2, 0) is 0 Å². The molecule has 2 aromatic rings. The quantitative estimate of drug-likeness (QED) is 0.712. The fourth-order valence-electron chi connectivity index (χ4n) is 1.99. The van der Waals surface area contributed by atoms with E-state index in [1.54, 1.807) is 12.1 Å². The average Bonchev–Trinajstić information content (AvgIpc) is 2.58. The molecule has 0 radical (unpaired) electrons. The molecule has 15 heavy (non-hydrogen) atoms. The summed E-state index contributed by atoms with van der Waals surface area (Å²) in [7, 11) is 0. The summed E-state index contributed by atoms with van der Waals surface area (Å²) >= 11 is 0. The van der Waals surface area contributed by atoms with Gasteiger partial charge >= 0.3 is 0 Å². The van der Waals surface area contributed by atoms with Crippen molar-refractivity contribution in [3.05, 3.63) is 41.5 Å². The van der Waals surface area contributed by atoms with Gasteiger partial charge < -0.3 is 5.32 Å². The van der Waals surface area contributed by atoms with Crippen molar-refractivity contribution in [2.75, 3.05) is 5.32 Å². The Morgan fingerprint density at radius 3 is 2.87 bits per heavy atom. The van der Waals surface area contributed by atoms with Crippen LogP contribution in [0.25, 0.3) is 10.8 Å². The van der Waals surface area contributed by atoms with Gasteiger partial charge in [0.2, 0.25) is 0 Å². The van der Waals surface area contributed by atoms with E-state index in [1.807, 2.05) is 18.2 Å². The first-order valence-corrected chi connectivity index (χ1v) is 4.63. The predicted molar refractivity (Wildman–Crippen MR) is 57.3 cm³/mol. The molecule has 0 saturated carbocycles. The van der Waals surface area contributed by atoms with Crippen LogP contribution >= 0.6 is 0 Å². The molecule has 1 N–H and O–H groups in total. The lowest BCUT2D eigenvalue weighted by Gasteiger charge is -1.99. The second kappa shape index (κ2) is 2.67. The van der Waals surface area contributed by atoms with Crippen molar-refractivity contribution in [1.82, 2.24) is 0 Å². The van der Waals surface area contributed by atoms with Gasteiger partial charge in [-0.05, 0) is 23.6 Å². The number of anilines is 1. The zero-order chi connectivity index (χ0) is 10.4. The molecule has 1 heterocycles. The van der Waals surface area contributed by atoms with Crippen LogP contribution in [0, 0.1) is 0 Å². The standard InChI is InChI=1S/C12H7NO2/c14-6-7-4-8-2-1-3-10-11(8)9(5-7)12(15)13-10/h1-6H,(H,13,15). The molecule has 0 aromatic heterocycles. The van der Waals surface area contributed by atoms with Crippen LogP contribution in [0.3, 0.4) is 0 Å². The van der Waals surface area contributed by atoms with Crippen LogP contribution < -0.4 is 5.32 Å². The molecule has 0 bridgehead atoms. The summed E-state index contributed by atoms with van der Waals surface area (Å²) in [5, 5.41) is 4.60. The number of carbonyl (C=O) groups is 2. The Balaban J connectivity index is 2.51. The molecule has 0 atom stereocenters. The zero-order valence-electron chi connectivity index (χ0n) is 7.78. The van der Waals surface area contributed by atoms with Gasteiger partial charge in [0.1, 0.15) is 6.29 Å². The average molecular weight is 197 g/mol. The number of rotatable bonds is 1. The molecule has 0 spiro atoms. The van der Waals surface area contributed by atoms with E-state index in [0.29, 0.717) is 11.1 Å². The van der Waals surface area contributed by atoms with Crippen molar-refractivity contribution in [2.45, 2.75) is 0 Å². The Morgan fingerprint density at radius 1 is 1.20 bits per heavy atom. The van der Waals surface area contributed by atoms with Crippen molar-refractivity contribution in [1.29, 1.82) is 0 Å². The summed E-state index contributed by atoms with van der Waals surface area (Å²) in [5.41, 5.74) is 1.95. The van der Waals surface area contributed by atoms with Gasteiger partial charge in [-0.25, -0.2) is 0 Å². The molecule has 3 nitrogen and oxygen atoms in total. The van der Waals surface area contributed by atoms with Gasteiger partial charge in [-0.1, -0.05) is 12.1 Å². The topological polar surface area (TPSA) is 46.2 Å². The highest BCUT2D eigenvalue weighted by Gasteiger charge is 2.21. The first kappa shape index (κ1) is 8.17. The highest BCUT2D eigenvalue weighted by atomic mass is 16.1. The third-order valence-corrected chi connectivity index (χ3v) is 2.63. The Kier molecular flexibility index (Phi) is 1.45. The van der Waals surface area contributed by atoms with Crippen LogP contribution in [0.2, 0.25) is 0 Å². The van der Waals surface area contributed by atoms with Gasteiger partial charge in [-0.15, -0.1) is 0 Å². The Bertz CT molecular complexity index is 602. The van der Waals surface area contributed by atoms with Crippen molar-refractivity contribution in [2.24, 2.45) is 0 Å². The Morgan fingerprint density at radius 2 is 2.07 bits per heavy atom. The summed E-state index contributed by atoms with van der Waals surface area (Å²) in [6.45, 7) is 0.